The molecule has 1 amide bonds. The zero-order chi connectivity index (χ0) is 12.3. The Hall–Kier alpha value is -1.75. The Balaban J connectivity index is 2.02. The second-order valence-corrected chi connectivity index (χ2v) is 3.22. The number of methoxy groups -OCH3 is 1. The van der Waals surface area contributed by atoms with Gasteiger partial charge in [0.25, 0.3) is 0 Å². The Kier molecular flexibility index (Phi) is 6.59. The van der Waals surface area contributed by atoms with Crippen molar-refractivity contribution in [3.05, 3.63) is 30.3 Å². The predicted molar refractivity (Wildman–Crippen MR) is 63.2 cm³/mol. The molecule has 0 radical (unpaired) electrons. The van der Waals surface area contributed by atoms with Crippen LogP contribution in [0.25, 0.3) is 0 Å². The number of ether oxygens (including phenoxy) is 3. The topological polar surface area (TPSA) is 56.8 Å². The Labute approximate surface area is 101 Å². The van der Waals surface area contributed by atoms with Gasteiger partial charge in [-0.2, -0.15) is 0 Å². The van der Waals surface area contributed by atoms with E-state index in [1.807, 2.05) is 30.3 Å². The van der Waals surface area contributed by atoms with Crippen molar-refractivity contribution in [2.24, 2.45) is 0 Å². The highest BCUT2D eigenvalue weighted by Crippen LogP contribution is 2.07. The first-order valence-corrected chi connectivity index (χ1v) is 5.40. The van der Waals surface area contributed by atoms with Crippen LogP contribution in [-0.4, -0.2) is 39.6 Å². The number of amides is 1. The largest absolute Gasteiger partial charge is 0.490 e. The molecule has 0 aromatic heterocycles. The van der Waals surface area contributed by atoms with Crippen LogP contribution in [-0.2, 0) is 9.47 Å². The maximum absolute atomic E-state index is 11.1. The van der Waals surface area contributed by atoms with Gasteiger partial charge in [-0.3, -0.25) is 0 Å². The number of alkyl carbamates (subject to hydrolysis) is 1. The van der Waals surface area contributed by atoms with E-state index in [4.69, 9.17) is 14.2 Å². The molecule has 0 atom stereocenters. The maximum Gasteiger partial charge on any atom is 0.407 e. The summed E-state index contributed by atoms with van der Waals surface area (Å²) in [7, 11) is 1.57. The predicted octanol–water partition coefficient (Wildman–Crippen LogP) is 1.44. The van der Waals surface area contributed by atoms with Gasteiger partial charge in [-0.05, 0) is 12.1 Å². The number of para-hydroxylation sites is 1. The molecule has 1 aromatic carbocycles. The lowest BCUT2D eigenvalue weighted by molar-refractivity contribution is 0.121. The molecule has 94 valence electrons. The molecule has 0 aliphatic rings. The van der Waals surface area contributed by atoms with Gasteiger partial charge in [0.1, 0.15) is 19.0 Å². The smallest absolute Gasteiger partial charge is 0.407 e. The van der Waals surface area contributed by atoms with Crippen molar-refractivity contribution in [3.8, 4) is 5.75 Å². The van der Waals surface area contributed by atoms with Gasteiger partial charge < -0.3 is 19.5 Å². The fourth-order valence-corrected chi connectivity index (χ4v) is 1.12. The summed E-state index contributed by atoms with van der Waals surface area (Å²) in [5.74, 6) is 0.760. The number of carbonyl (C=O) groups is 1. The number of rotatable bonds is 7. The third-order valence-corrected chi connectivity index (χ3v) is 1.90. The van der Waals surface area contributed by atoms with Crippen LogP contribution in [0.5, 0.6) is 5.75 Å². The summed E-state index contributed by atoms with van der Waals surface area (Å²) in [5, 5.41) is 2.54. The van der Waals surface area contributed by atoms with Crippen LogP contribution in [0.4, 0.5) is 4.79 Å². The SMILES string of the molecule is COCCNC(=O)OCCOc1ccccc1. The van der Waals surface area contributed by atoms with E-state index in [0.29, 0.717) is 19.8 Å². The number of hydrogen-bond donors (Lipinski definition) is 1. The van der Waals surface area contributed by atoms with Gasteiger partial charge in [0, 0.05) is 13.7 Å². The summed E-state index contributed by atoms with van der Waals surface area (Å²) in [6, 6.07) is 9.37. The molecule has 17 heavy (non-hydrogen) atoms. The second-order valence-electron chi connectivity index (χ2n) is 3.22. The van der Waals surface area contributed by atoms with E-state index in [2.05, 4.69) is 5.32 Å². The quantitative estimate of drug-likeness (QED) is 0.731. The van der Waals surface area contributed by atoms with Gasteiger partial charge in [0.05, 0.1) is 6.61 Å². The Morgan fingerprint density at radius 3 is 2.65 bits per heavy atom. The van der Waals surface area contributed by atoms with E-state index in [9.17, 15) is 4.79 Å². The molecule has 1 aromatic rings. The molecule has 0 saturated heterocycles. The number of carbonyl (C=O) groups excluding carboxylic acids is 1. The lowest BCUT2D eigenvalue weighted by Gasteiger charge is -2.08. The van der Waals surface area contributed by atoms with Crippen LogP contribution in [0.3, 0.4) is 0 Å². The van der Waals surface area contributed by atoms with Crippen molar-refractivity contribution >= 4 is 6.09 Å². The summed E-state index contributed by atoms with van der Waals surface area (Å²) >= 11 is 0. The first-order valence-electron chi connectivity index (χ1n) is 5.40. The minimum absolute atomic E-state index is 0.216. The molecule has 0 spiro atoms. The van der Waals surface area contributed by atoms with E-state index in [0.717, 1.165) is 5.75 Å². The van der Waals surface area contributed by atoms with Crippen molar-refractivity contribution in [1.82, 2.24) is 5.32 Å². The fraction of sp³-hybridized carbons (Fsp3) is 0.417. The highest BCUT2D eigenvalue weighted by atomic mass is 16.6. The van der Waals surface area contributed by atoms with Crippen LogP contribution in [0.15, 0.2) is 30.3 Å². The van der Waals surface area contributed by atoms with Gasteiger partial charge >= 0.3 is 6.09 Å². The van der Waals surface area contributed by atoms with Crippen LogP contribution in [0.1, 0.15) is 0 Å². The first kappa shape index (κ1) is 13.3. The summed E-state index contributed by atoms with van der Waals surface area (Å²) in [4.78, 5) is 11.1. The zero-order valence-electron chi connectivity index (χ0n) is 9.85. The van der Waals surface area contributed by atoms with E-state index in [1.54, 1.807) is 7.11 Å². The van der Waals surface area contributed by atoms with E-state index in [-0.39, 0.29) is 6.61 Å². The molecule has 5 heteroatoms. The number of benzene rings is 1. The summed E-state index contributed by atoms with van der Waals surface area (Å²) in [6.07, 6.45) is -0.460. The van der Waals surface area contributed by atoms with Crippen molar-refractivity contribution in [2.45, 2.75) is 0 Å². The van der Waals surface area contributed by atoms with Crippen molar-refractivity contribution in [1.29, 1.82) is 0 Å². The second kappa shape index (κ2) is 8.41. The summed E-state index contributed by atoms with van der Waals surface area (Å²) in [6.45, 7) is 1.46. The Morgan fingerprint density at radius 1 is 1.18 bits per heavy atom. The molecular weight excluding hydrogens is 222 g/mol. The molecule has 0 bridgehead atoms. The highest BCUT2D eigenvalue weighted by molar-refractivity contribution is 5.67. The number of hydrogen-bond acceptors (Lipinski definition) is 4. The molecular formula is C12H17NO4. The van der Waals surface area contributed by atoms with Crippen molar-refractivity contribution in [2.75, 3.05) is 33.5 Å². The summed E-state index contributed by atoms with van der Waals surface area (Å²) < 4.78 is 15.0. The first-order chi connectivity index (χ1) is 8.33. The van der Waals surface area contributed by atoms with E-state index >= 15 is 0 Å². The van der Waals surface area contributed by atoms with Crippen molar-refractivity contribution in [3.63, 3.8) is 0 Å². The third kappa shape index (κ3) is 6.42. The molecule has 5 nitrogen and oxygen atoms in total. The minimum atomic E-state index is -0.460. The van der Waals surface area contributed by atoms with Crippen LogP contribution in [0, 0.1) is 0 Å². The Bertz CT molecular complexity index is 316. The molecule has 0 heterocycles. The lowest BCUT2D eigenvalue weighted by atomic mass is 10.3. The lowest BCUT2D eigenvalue weighted by Crippen LogP contribution is -2.28. The molecule has 0 aliphatic carbocycles. The van der Waals surface area contributed by atoms with E-state index < -0.39 is 6.09 Å². The van der Waals surface area contributed by atoms with Gasteiger partial charge in [0.2, 0.25) is 0 Å². The molecule has 0 unspecified atom stereocenters. The zero-order valence-corrected chi connectivity index (χ0v) is 9.85. The van der Waals surface area contributed by atoms with Crippen molar-refractivity contribution < 1.29 is 19.0 Å². The maximum atomic E-state index is 11.1. The monoisotopic (exact) mass is 239 g/mol. The van der Waals surface area contributed by atoms with E-state index in [1.165, 1.54) is 0 Å². The molecule has 0 saturated carbocycles. The molecule has 0 fully saturated rings. The molecule has 0 aliphatic heterocycles. The van der Waals surface area contributed by atoms with Gasteiger partial charge in [-0.1, -0.05) is 18.2 Å². The van der Waals surface area contributed by atoms with Gasteiger partial charge in [0.15, 0.2) is 0 Å². The molecule has 1 rings (SSSR count). The fourth-order valence-electron chi connectivity index (χ4n) is 1.12. The van der Waals surface area contributed by atoms with Crippen LogP contribution >= 0.6 is 0 Å². The third-order valence-electron chi connectivity index (χ3n) is 1.90. The van der Waals surface area contributed by atoms with Crippen LogP contribution < -0.4 is 10.1 Å². The standard InChI is InChI=1S/C12H17NO4/c1-15-8-7-13-12(14)17-10-9-16-11-5-3-2-4-6-11/h2-6H,7-10H2,1H3,(H,13,14). The van der Waals surface area contributed by atoms with Gasteiger partial charge in [-0.15, -0.1) is 0 Å². The van der Waals surface area contributed by atoms with Gasteiger partial charge in [-0.25, -0.2) is 4.79 Å². The minimum Gasteiger partial charge on any atom is -0.490 e. The number of nitrogens with one attached hydrogen (secondary N) is 1. The Morgan fingerprint density at radius 2 is 1.94 bits per heavy atom. The highest BCUT2D eigenvalue weighted by Gasteiger charge is 2.00. The average Bonchev–Trinajstić information content (AvgIpc) is 2.36. The van der Waals surface area contributed by atoms with Crippen LogP contribution in [0.2, 0.25) is 0 Å². The average molecular weight is 239 g/mol. The molecule has 1 N–H and O–H groups in total. The normalized spacial score (nSPS) is 9.71. The summed E-state index contributed by atoms with van der Waals surface area (Å²) in [5.41, 5.74) is 0.